The predicted molar refractivity (Wildman–Crippen MR) is 155 cm³/mol. The molecule has 0 saturated heterocycles. The SMILES string of the molecule is Cc1ccc(-c2ccc(CCCCCCCCCc3ccc(-c4ccc(OC(F)(F)F)cc4)c(F)c3)cc2F)cc1. The zero-order valence-corrected chi connectivity index (χ0v) is 23.2. The second-order valence-electron chi connectivity index (χ2n) is 10.5. The average molecular weight is 567 g/mol. The van der Waals surface area contributed by atoms with Crippen molar-refractivity contribution < 1.29 is 26.7 Å². The molecule has 216 valence electrons. The number of hydrogen-bond donors (Lipinski definition) is 0. The lowest BCUT2D eigenvalue weighted by atomic mass is 9.99. The Morgan fingerprint density at radius 2 is 0.951 bits per heavy atom. The van der Waals surface area contributed by atoms with Crippen molar-refractivity contribution in [1.29, 1.82) is 0 Å². The van der Waals surface area contributed by atoms with Crippen LogP contribution in [0.2, 0.25) is 0 Å². The Hall–Kier alpha value is -3.67. The first-order valence-corrected chi connectivity index (χ1v) is 14.2. The Balaban J connectivity index is 1.11. The molecule has 0 unspecified atom stereocenters. The van der Waals surface area contributed by atoms with Crippen molar-refractivity contribution in [2.45, 2.75) is 71.1 Å². The predicted octanol–water partition coefficient (Wildman–Crippen LogP) is 11.0. The molecule has 4 aromatic rings. The van der Waals surface area contributed by atoms with E-state index in [0.717, 1.165) is 80.0 Å². The van der Waals surface area contributed by atoms with Crippen molar-refractivity contribution in [3.63, 3.8) is 0 Å². The summed E-state index contributed by atoms with van der Waals surface area (Å²) in [4.78, 5) is 0. The standard InChI is InChI=1S/C35H35F5O/c1-25-11-15-28(16-12-25)31-21-13-26(23-33(31)36)9-7-5-3-2-4-6-8-10-27-14-22-32(34(37)24-27)29-17-19-30(20-18-29)41-35(38,39)40/h11-24H,2-10H2,1H3. The van der Waals surface area contributed by atoms with Gasteiger partial charge in [0.15, 0.2) is 0 Å². The summed E-state index contributed by atoms with van der Waals surface area (Å²) in [6, 6.07) is 23.7. The topological polar surface area (TPSA) is 9.23 Å². The van der Waals surface area contributed by atoms with E-state index >= 15 is 0 Å². The summed E-state index contributed by atoms with van der Waals surface area (Å²) in [5.74, 6) is -0.899. The molecule has 0 aliphatic carbocycles. The van der Waals surface area contributed by atoms with Gasteiger partial charge >= 0.3 is 6.36 Å². The molecule has 0 aliphatic rings. The van der Waals surface area contributed by atoms with E-state index < -0.39 is 12.2 Å². The van der Waals surface area contributed by atoms with E-state index in [1.54, 1.807) is 12.1 Å². The smallest absolute Gasteiger partial charge is 0.406 e. The molecule has 0 saturated carbocycles. The molecule has 41 heavy (non-hydrogen) atoms. The maximum Gasteiger partial charge on any atom is 0.573 e. The van der Waals surface area contributed by atoms with E-state index in [0.29, 0.717) is 16.7 Å². The maximum absolute atomic E-state index is 14.7. The highest BCUT2D eigenvalue weighted by atomic mass is 19.4. The number of benzene rings is 4. The molecule has 0 aromatic heterocycles. The van der Waals surface area contributed by atoms with Gasteiger partial charge in [-0.1, -0.05) is 98.3 Å². The molecule has 0 fully saturated rings. The maximum atomic E-state index is 14.7. The molecular formula is C35H35F5O. The van der Waals surface area contributed by atoms with E-state index in [4.69, 9.17) is 0 Å². The third-order valence-electron chi connectivity index (χ3n) is 7.26. The van der Waals surface area contributed by atoms with E-state index in [1.807, 2.05) is 49.4 Å². The highest BCUT2D eigenvalue weighted by molar-refractivity contribution is 5.66. The van der Waals surface area contributed by atoms with Gasteiger partial charge in [-0.05, 0) is 79.1 Å². The van der Waals surface area contributed by atoms with Crippen molar-refractivity contribution in [1.82, 2.24) is 0 Å². The number of rotatable bonds is 13. The van der Waals surface area contributed by atoms with Crippen molar-refractivity contribution in [2.24, 2.45) is 0 Å². The largest absolute Gasteiger partial charge is 0.573 e. The first-order chi connectivity index (χ1) is 19.7. The molecule has 4 rings (SSSR count). The number of halogens is 5. The van der Waals surface area contributed by atoms with Gasteiger partial charge in [0.2, 0.25) is 0 Å². The third kappa shape index (κ3) is 9.44. The molecule has 0 radical (unpaired) electrons. The van der Waals surface area contributed by atoms with Crippen LogP contribution < -0.4 is 4.74 Å². The van der Waals surface area contributed by atoms with Crippen LogP contribution in [-0.2, 0) is 12.8 Å². The highest BCUT2D eigenvalue weighted by Gasteiger charge is 2.31. The van der Waals surface area contributed by atoms with Crippen LogP contribution in [0.5, 0.6) is 5.75 Å². The van der Waals surface area contributed by atoms with Crippen LogP contribution in [0.25, 0.3) is 22.3 Å². The fraction of sp³-hybridized carbons (Fsp3) is 0.314. The Morgan fingerprint density at radius 3 is 1.37 bits per heavy atom. The molecule has 0 aliphatic heterocycles. The van der Waals surface area contributed by atoms with Gasteiger partial charge in [0.1, 0.15) is 17.4 Å². The van der Waals surface area contributed by atoms with Crippen LogP contribution in [0.15, 0.2) is 84.9 Å². The number of alkyl halides is 3. The van der Waals surface area contributed by atoms with E-state index in [-0.39, 0.29) is 11.6 Å². The van der Waals surface area contributed by atoms with Gasteiger partial charge in [0.05, 0.1) is 0 Å². The van der Waals surface area contributed by atoms with Crippen LogP contribution in [0, 0.1) is 18.6 Å². The van der Waals surface area contributed by atoms with E-state index in [1.165, 1.54) is 30.3 Å². The normalized spacial score (nSPS) is 11.6. The molecule has 0 amide bonds. The summed E-state index contributed by atoms with van der Waals surface area (Å²) in [6.45, 7) is 2.02. The van der Waals surface area contributed by atoms with Crippen molar-refractivity contribution in [3.05, 3.63) is 113 Å². The van der Waals surface area contributed by atoms with Gasteiger partial charge in [0.25, 0.3) is 0 Å². The Kier molecular flexibility index (Phi) is 10.6. The molecule has 1 nitrogen and oxygen atoms in total. The lowest BCUT2D eigenvalue weighted by molar-refractivity contribution is -0.274. The molecule has 4 aromatic carbocycles. The summed E-state index contributed by atoms with van der Waals surface area (Å²) in [5, 5.41) is 0. The Labute approximate surface area is 239 Å². The van der Waals surface area contributed by atoms with Crippen LogP contribution in [0.4, 0.5) is 22.0 Å². The van der Waals surface area contributed by atoms with Gasteiger partial charge in [-0.15, -0.1) is 13.2 Å². The summed E-state index contributed by atoms with van der Waals surface area (Å²) >= 11 is 0. The molecule has 0 atom stereocenters. The lowest BCUT2D eigenvalue weighted by Gasteiger charge is -2.10. The van der Waals surface area contributed by atoms with Crippen molar-refractivity contribution in [2.75, 3.05) is 0 Å². The van der Waals surface area contributed by atoms with Crippen LogP contribution >= 0.6 is 0 Å². The molecule has 0 N–H and O–H groups in total. The molecule has 6 heteroatoms. The summed E-state index contributed by atoms with van der Waals surface area (Å²) in [5.41, 5.74) is 5.47. The lowest BCUT2D eigenvalue weighted by Crippen LogP contribution is -2.16. The van der Waals surface area contributed by atoms with Crippen LogP contribution in [-0.4, -0.2) is 6.36 Å². The van der Waals surface area contributed by atoms with Gasteiger partial charge in [-0.25, -0.2) is 8.78 Å². The van der Waals surface area contributed by atoms with Gasteiger partial charge in [-0.2, -0.15) is 0 Å². The minimum atomic E-state index is -4.76. The molecule has 0 bridgehead atoms. The van der Waals surface area contributed by atoms with Crippen molar-refractivity contribution >= 4 is 0 Å². The van der Waals surface area contributed by atoms with E-state index in [9.17, 15) is 22.0 Å². The first kappa shape index (κ1) is 30.3. The van der Waals surface area contributed by atoms with Crippen LogP contribution in [0.3, 0.4) is 0 Å². The first-order valence-electron chi connectivity index (χ1n) is 14.2. The number of hydrogen-bond acceptors (Lipinski definition) is 1. The van der Waals surface area contributed by atoms with Gasteiger partial charge in [0, 0.05) is 11.1 Å². The molecule has 0 spiro atoms. The second-order valence-corrected chi connectivity index (χ2v) is 10.5. The fourth-order valence-electron chi connectivity index (χ4n) is 5.01. The minimum absolute atomic E-state index is 0.172. The monoisotopic (exact) mass is 566 g/mol. The fourth-order valence-corrected chi connectivity index (χ4v) is 5.01. The number of ether oxygens (including phenoxy) is 1. The molecular weight excluding hydrogens is 531 g/mol. The number of aryl methyl sites for hydroxylation is 3. The summed E-state index contributed by atoms with van der Waals surface area (Å²) < 4.78 is 70.2. The van der Waals surface area contributed by atoms with Crippen molar-refractivity contribution in [3.8, 4) is 28.0 Å². The zero-order chi connectivity index (χ0) is 29.2. The number of unbranched alkanes of at least 4 members (excludes halogenated alkanes) is 6. The quantitative estimate of drug-likeness (QED) is 0.116. The van der Waals surface area contributed by atoms with Gasteiger partial charge in [-0.3, -0.25) is 0 Å². The van der Waals surface area contributed by atoms with E-state index in [2.05, 4.69) is 4.74 Å². The average Bonchev–Trinajstić information content (AvgIpc) is 2.93. The van der Waals surface area contributed by atoms with Gasteiger partial charge < -0.3 is 4.74 Å². The zero-order valence-electron chi connectivity index (χ0n) is 23.2. The second kappa shape index (κ2) is 14.3. The van der Waals surface area contributed by atoms with Crippen LogP contribution in [0.1, 0.15) is 61.6 Å². The Bertz CT molecular complexity index is 1390. The third-order valence-corrected chi connectivity index (χ3v) is 7.26. The highest BCUT2D eigenvalue weighted by Crippen LogP contribution is 2.29. The Morgan fingerprint density at radius 1 is 0.537 bits per heavy atom. The summed E-state index contributed by atoms with van der Waals surface area (Å²) in [7, 11) is 0. The minimum Gasteiger partial charge on any atom is -0.406 e. The summed E-state index contributed by atoms with van der Waals surface area (Å²) in [6.07, 6.45) is 4.47. The molecule has 0 heterocycles.